The molecule has 0 N–H and O–H groups in total. The lowest BCUT2D eigenvalue weighted by atomic mass is 10.1. The summed E-state index contributed by atoms with van der Waals surface area (Å²) in [6.45, 7) is 1.85. The molecule has 1 aromatic rings. The first-order valence-electron chi connectivity index (χ1n) is 6.70. The molecule has 18 heavy (non-hydrogen) atoms. The van der Waals surface area contributed by atoms with Crippen molar-refractivity contribution in [3.8, 4) is 5.75 Å². The summed E-state index contributed by atoms with van der Waals surface area (Å²) in [6.07, 6.45) is 5.31. The van der Waals surface area contributed by atoms with Crippen LogP contribution in [0.4, 0.5) is 0 Å². The Balaban J connectivity index is 1.92. The molecule has 1 saturated heterocycles. The van der Waals surface area contributed by atoms with E-state index in [0.717, 1.165) is 37.2 Å². The van der Waals surface area contributed by atoms with Crippen molar-refractivity contribution in [2.24, 2.45) is 0 Å². The number of hydrogen-bond acceptors (Lipinski definition) is 2. The lowest BCUT2D eigenvalue weighted by Gasteiger charge is -2.20. The summed E-state index contributed by atoms with van der Waals surface area (Å²) in [6, 6.07) is 7.75. The minimum absolute atomic E-state index is 0.252. The number of carbonyl (C=O) groups is 1. The van der Waals surface area contributed by atoms with E-state index in [4.69, 9.17) is 4.74 Å². The van der Waals surface area contributed by atoms with Crippen LogP contribution in [0.15, 0.2) is 24.3 Å². The van der Waals surface area contributed by atoms with Crippen LogP contribution in [0.3, 0.4) is 0 Å². The SMILES string of the molecule is COc1ccc(CC(=O)N2CCCCCC2)cc1. The van der Waals surface area contributed by atoms with Gasteiger partial charge in [0.2, 0.25) is 5.91 Å². The highest BCUT2D eigenvalue weighted by Gasteiger charge is 2.15. The quantitative estimate of drug-likeness (QED) is 0.821. The zero-order valence-corrected chi connectivity index (χ0v) is 11.0. The predicted molar refractivity (Wildman–Crippen MR) is 71.7 cm³/mol. The first kappa shape index (κ1) is 12.9. The van der Waals surface area contributed by atoms with Gasteiger partial charge < -0.3 is 9.64 Å². The molecule has 0 bridgehead atoms. The summed E-state index contributed by atoms with van der Waals surface area (Å²) in [5.74, 6) is 1.09. The van der Waals surface area contributed by atoms with Crippen molar-refractivity contribution < 1.29 is 9.53 Å². The fraction of sp³-hybridized carbons (Fsp3) is 0.533. The van der Waals surface area contributed by atoms with Gasteiger partial charge in [-0.2, -0.15) is 0 Å². The van der Waals surface area contributed by atoms with Crippen LogP contribution in [0.5, 0.6) is 5.75 Å². The average Bonchev–Trinajstić information content (AvgIpc) is 2.68. The Hall–Kier alpha value is -1.51. The van der Waals surface area contributed by atoms with E-state index < -0.39 is 0 Å². The van der Waals surface area contributed by atoms with Crippen LogP contribution in [0, 0.1) is 0 Å². The molecule has 1 heterocycles. The Labute approximate surface area is 109 Å². The molecule has 2 rings (SSSR count). The number of hydrogen-bond donors (Lipinski definition) is 0. The predicted octanol–water partition coefficient (Wildman–Crippen LogP) is 2.64. The van der Waals surface area contributed by atoms with Crippen LogP contribution in [-0.4, -0.2) is 31.0 Å². The number of likely N-dealkylation sites (tertiary alicyclic amines) is 1. The molecule has 0 aliphatic carbocycles. The van der Waals surface area contributed by atoms with Gasteiger partial charge in [-0.25, -0.2) is 0 Å². The van der Waals surface area contributed by atoms with Gasteiger partial charge in [-0.15, -0.1) is 0 Å². The number of benzene rings is 1. The third-order valence-corrected chi connectivity index (χ3v) is 3.47. The molecule has 0 spiro atoms. The second-order valence-electron chi connectivity index (χ2n) is 4.82. The smallest absolute Gasteiger partial charge is 0.226 e. The van der Waals surface area contributed by atoms with Gasteiger partial charge >= 0.3 is 0 Å². The first-order chi connectivity index (χ1) is 8.79. The van der Waals surface area contributed by atoms with Crippen molar-refractivity contribution in [1.82, 2.24) is 4.90 Å². The zero-order valence-electron chi connectivity index (χ0n) is 11.0. The lowest BCUT2D eigenvalue weighted by molar-refractivity contribution is -0.130. The van der Waals surface area contributed by atoms with E-state index in [9.17, 15) is 4.79 Å². The highest BCUT2D eigenvalue weighted by molar-refractivity contribution is 5.78. The van der Waals surface area contributed by atoms with Gasteiger partial charge in [0.1, 0.15) is 5.75 Å². The Kier molecular flexibility index (Phi) is 4.62. The maximum Gasteiger partial charge on any atom is 0.226 e. The number of nitrogens with zero attached hydrogens (tertiary/aromatic N) is 1. The fourth-order valence-electron chi connectivity index (χ4n) is 2.35. The number of methoxy groups -OCH3 is 1. The summed E-state index contributed by atoms with van der Waals surface area (Å²) >= 11 is 0. The van der Waals surface area contributed by atoms with Crippen LogP contribution < -0.4 is 4.74 Å². The van der Waals surface area contributed by atoms with Crippen LogP contribution in [0.25, 0.3) is 0 Å². The first-order valence-corrected chi connectivity index (χ1v) is 6.70. The van der Waals surface area contributed by atoms with E-state index in [1.165, 1.54) is 12.8 Å². The Morgan fingerprint density at radius 1 is 1.11 bits per heavy atom. The van der Waals surface area contributed by atoms with Gasteiger partial charge in [0.05, 0.1) is 13.5 Å². The van der Waals surface area contributed by atoms with Gasteiger partial charge in [-0.1, -0.05) is 25.0 Å². The molecule has 98 valence electrons. The molecule has 0 saturated carbocycles. The molecule has 3 nitrogen and oxygen atoms in total. The standard InChI is InChI=1S/C15H21NO2/c1-18-14-8-6-13(7-9-14)12-15(17)16-10-4-2-3-5-11-16/h6-9H,2-5,10-12H2,1H3. The number of ether oxygens (including phenoxy) is 1. The Morgan fingerprint density at radius 2 is 1.72 bits per heavy atom. The van der Waals surface area contributed by atoms with Crippen molar-refractivity contribution in [1.29, 1.82) is 0 Å². The van der Waals surface area contributed by atoms with Gasteiger partial charge in [-0.05, 0) is 30.5 Å². The van der Waals surface area contributed by atoms with Crippen molar-refractivity contribution in [3.05, 3.63) is 29.8 Å². The molecule has 1 fully saturated rings. The largest absolute Gasteiger partial charge is 0.497 e. The topological polar surface area (TPSA) is 29.5 Å². The molecule has 0 aromatic heterocycles. The second-order valence-corrected chi connectivity index (χ2v) is 4.82. The molecule has 0 radical (unpaired) electrons. The second kappa shape index (κ2) is 6.43. The van der Waals surface area contributed by atoms with E-state index in [1.807, 2.05) is 29.2 Å². The molecule has 0 atom stereocenters. The minimum Gasteiger partial charge on any atom is -0.497 e. The summed E-state index contributed by atoms with van der Waals surface area (Å²) < 4.78 is 5.11. The maximum absolute atomic E-state index is 12.2. The highest BCUT2D eigenvalue weighted by atomic mass is 16.5. The Bertz CT molecular complexity index is 378. The maximum atomic E-state index is 12.2. The van der Waals surface area contributed by atoms with E-state index in [-0.39, 0.29) is 5.91 Å². The van der Waals surface area contributed by atoms with Gasteiger partial charge in [0.25, 0.3) is 0 Å². The summed E-state index contributed by atoms with van der Waals surface area (Å²) in [5, 5.41) is 0. The number of carbonyl (C=O) groups excluding carboxylic acids is 1. The number of rotatable bonds is 3. The van der Waals surface area contributed by atoms with Crippen LogP contribution in [0.1, 0.15) is 31.2 Å². The summed E-state index contributed by atoms with van der Waals surface area (Å²) in [5.41, 5.74) is 1.06. The monoisotopic (exact) mass is 247 g/mol. The molecule has 3 heteroatoms. The molecular formula is C15H21NO2. The van der Waals surface area contributed by atoms with Gasteiger partial charge in [-0.3, -0.25) is 4.79 Å². The molecule has 1 aromatic carbocycles. The van der Waals surface area contributed by atoms with E-state index in [1.54, 1.807) is 7.11 Å². The molecule has 0 unspecified atom stereocenters. The summed E-state index contributed by atoms with van der Waals surface area (Å²) in [4.78, 5) is 14.2. The van der Waals surface area contributed by atoms with Crippen molar-refractivity contribution >= 4 is 5.91 Å². The average molecular weight is 247 g/mol. The zero-order chi connectivity index (χ0) is 12.8. The fourth-order valence-corrected chi connectivity index (χ4v) is 2.35. The minimum atomic E-state index is 0.252. The molecule has 1 aliphatic rings. The number of amides is 1. The van der Waals surface area contributed by atoms with Gasteiger partial charge in [0.15, 0.2) is 0 Å². The molecule has 1 amide bonds. The summed E-state index contributed by atoms with van der Waals surface area (Å²) in [7, 11) is 1.65. The third kappa shape index (κ3) is 3.49. The Morgan fingerprint density at radius 3 is 2.28 bits per heavy atom. The van der Waals surface area contributed by atoms with Crippen LogP contribution in [-0.2, 0) is 11.2 Å². The normalized spacial score (nSPS) is 16.2. The van der Waals surface area contributed by atoms with Crippen molar-refractivity contribution in [2.45, 2.75) is 32.1 Å². The molecular weight excluding hydrogens is 226 g/mol. The van der Waals surface area contributed by atoms with Crippen LogP contribution >= 0.6 is 0 Å². The van der Waals surface area contributed by atoms with Crippen molar-refractivity contribution in [2.75, 3.05) is 20.2 Å². The molecule has 1 aliphatic heterocycles. The highest BCUT2D eigenvalue weighted by Crippen LogP contribution is 2.14. The van der Waals surface area contributed by atoms with E-state index in [0.29, 0.717) is 6.42 Å². The van der Waals surface area contributed by atoms with Gasteiger partial charge in [0, 0.05) is 13.1 Å². The van der Waals surface area contributed by atoms with Crippen molar-refractivity contribution in [3.63, 3.8) is 0 Å². The lowest BCUT2D eigenvalue weighted by Crippen LogP contribution is -2.33. The van der Waals surface area contributed by atoms with E-state index in [2.05, 4.69) is 0 Å². The van der Waals surface area contributed by atoms with Crippen LogP contribution in [0.2, 0.25) is 0 Å². The van der Waals surface area contributed by atoms with E-state index >= 15 is 0 Å². The third-order valence-electron chi connectivity index (χ3n) is 3.47.